The van der Waals surface area contributed by atoms with E-state index in [0.29, 0.717) is 24.0 Å². The van der Waals surface area contributed by atoms with E-state index in [1.165, 1.54) is 0 Å². The van der Waals surface area contributed by atoms with Gasteiger partial charge in [-0.05, 0) is 36.8 Å². The van der Waals surface area contributed by atoms with Gasteiger partial charge >= 0.3 is 0 Å². The van der Waals surface area contributed by atoms with Crippen LogP contribution in [0.2, 0.25) is 5.02 Å². The summed E-state index contributed by atoms with van der Waals surface area (Å²) in [6, 6.07) is 15.0. The molecule has 0 saturated heterocycles. The number of aliphatic hydroxyl groups excluding tert-OH is 1. The van der Waals surface area contributed by atoms with Gasteiger partial charge in [-0.2, -0.15) is 0 Å². The van der Waals surface area contributed by atoms with Gasteiger partial charge in [-0.15, -0.1) is 0 Å². The van der Waals surface area contributed by atoms with Crippen LogP contribution in [0.1, 0.15) is 25.0 Å². The van der Waals surface area contributed by atoms with Crippen LogP contribution >= 0.6 is 11.6 Å². The van der Waals surface area contributed by atoms with E-state index in [0.717, 1.165) is 17.7 Å². The molecule has 0 aliphatic rings. The second kappa shape index (κ2) is 7.91. The molecule has 21 heavy (non-hydrogen) atoms. The molecule has 0 fully saturated rings. The molecule has 0 amide bonds. The van der Waals surface area contributed by atoms with Crippen molar-refractivity contribution in [3.05, 3.63) is 59.1 Å². The zero-order chi connectivity index (χ0) is 15.1. The minimum atomic E-state index is -0.532. The quantitative estimate of drug-likeness (QED) is 0.778. The van der Waals surface area contributed by atoms with Crippen LogP contribution in [0.15, 0.2) is 48.5 Å². The van der Waals surface area contributed by atoms with Gasteiger partial charge in [-0.25, -0.2) is 0 Å². The van der Waals surface area contributed by atoms with Crippen molar-refractivity contribution in [1.29, 1.82) is 0 Å². The summed E-state index contributed by atoms with van der Waals surface area (Å²) in [6.45, 7) is 2.82. The van der Waals surface area contributed by atoms with Crippen LogP contribution in [0.25, 0.3) is 0 Å². The molecule has 0 unspecified atom stereocenters. The van der Waals surface area contributed by atoms with Crippen LogP contribution in [0, 0.1) is 0 Å². The predicted molar refractivity (Wildman–Crippen MR) is 84.1 cm³/mol. The van der Waals surface area contributed by atoms with Crippen LogP contribution in [0.4, 0.5) is 0 Å². The first-order valence-corrected chi connectivity index (χ1v) is 7.33. The van der Waals surface area contributed by atoms with E-state index in [4.69, 9.17) is 21.1 Å². The fourth-order valence-corrected chi connectivity index (χ4v) is 2.09. The van der Waals surface area contributed by atoms with Gasteiger partial charge in [0.15, 0.2) is 0 Å². The summed E-state index contributed by atoms with van der Waals surface area (Å²) >= 11 is 6.11. The summed E-state index contributed by atoms with van der Waals surface area (Å²) < 4.78 is 11.2. The number of benzene rings is 2. The number of ether oxygens (including phenoxy) is 2. The normalized spacial score (nSPS) is 12.0. The maximum absolute atomic E-state index is 9.48. The number of hydrogen-bond donors (Lipinski definition) is 1. The molecule has 4 heteroatoms. The Hall–Kier alpha value is -1.71. The molecule has 112 valence electrons. The van der Waals surface area contributed by atoms with Gasteiger partial charge in [0.05, 0.1) is 24.3 Å². The Morgan fingerprint density at radius 2 is 1.76 bits per heavy atom. The number of aliphatic hydroxyl groups is 1. The van der Waals surface area contributed by atoms with Crippen LogP contribution in [0.3, 0.4) is 0 Å². The van der Waals surface area contributed by atoms with E-state index in [1.54, 1.807) is 19.1 Å². The van der Waals surface area contributed by atoms with E-state index in [9.17, 15) is 5.11 Å². The zero-order valence-corrected chi connectivity index (χ0v) is 12.7. The van der Waals surface area contributed by atoms with Gasteiger partial charge in [0.25, 0.3) is 0 Å². The minimum Gasteiger partial charge on any atom is -0.493 e. The maximum atomic E-state index is 9.48. The standard InChI is InChI=1S/C17H19ClO3/c1-13(19)14-8-9-17(16(18)12-14)21-11-5-10-20-15-6-3-2-4-7-15/h2-4,6-9,12-13,19H,5,10-11H2,1H3/t13-/m0/s1. The fourth-order valence-electron chi connectivity index (χ4n) is 1.84. The van der Waals surface area contributed by atoms with Gasteiger partial charge in [-0.3, -0.25) is 0 Å². The van der Waals surface area contributed by atoms with Crippen molar-refractivity contribution in [3.8, 4) is 11.5 Å². The lowest BCUT2D eigenvalue weighted by Crippen LogP contribution is -2.05. The van der Waals surface area contributed by atoms with E-state index < -0.39 is 6.10 Å². The molecule has 3 nitrogen and oxygen atoms in total. The topological polar surface area (TPSA) is 38.7 Å². The van der Waals surface area contributed by atoms with Crippen LogP contribution in [-0.4, -0.2) is 18.3 Å². The first-order valence-electron chi connectivity index (χ1n) is 6.95. The van der Waals surface area contributed by atoms with Crippen molar-refractivity contribution in [3.63, 3.8) is 0 Å². The fraction of sp³-hybridized carbons (Fsp3) is 0.294. The van der Waals surface area contributed by atoms with Gasteiger partial charge in [0, 0.05) is 6.42 Å². The highest BCUT2D eigenvalue weighted by Crippen LogP contribution is 2.27. The molecule has 0 aliphatic heterocycles. The molecule has 0 aromatic heterocycles. The molecule has 2 rings (SSSR count). The Labute approximate surface area is 130 Å². The van der Waals surface area contributed by atoms with Crippen molar-refractivity contribution in [2.75, 3.05) is 13.2 Å². The van der Waals surface area contributed by atoms with E-state index in [-0.39, 0.29) is 0 Å². The van der Waals surface area contributed by atoms with Gasteiger partial charge in [0.1, 0.15) is 11.5 Å². The van der Waals surface area contributed by atoms with Crippen molar-refractivity contribution < 1.29 is 14.6 Å². The Bertz CT molecular complexity index is 555. The third-order valence-corrected chi connectivity index (χ3v) is 3.29. The molecule has 1 N–H and O–H groups in total. The Morgan fingerprint density at radius 1 is 1.05 bits per heavy atom. The Kier molecular flexibility index (Phi) is 5.90. The third kappa shape index (κ3) is 4.96. The molecule has 2 aromatic rings. The van der Waals surface area contributed by atoms with Crippen molar-refractivity contribution in [2.24, 2.45) is 0 Å². The predicted octanol–water partition coefficient (Wildman–Crippen LogP) is 4.24. The molecule has 2 aromatic carbocycles. The molecular weight excluding hydrogens is 288 g/mol. The highest BCUT2D eigenvalue weighted by atomic mass is 35.5. The first-order chi connectivity index (χ1) is 10.2. The second-order valence-electron chi connectivity index (χ2n) is 4.73. The smallest absolute Gasteiger partial charge is 0.137 e. The summed E-state index contributed by atoms with van der Waals surface area (Å²) in [7, 11) is 0. The van der Waals surface area contributed by atoms with Crippen molar-refractivity contribution >= 4 is 11.6 Å². The zero-order valence-electron chi connectivity index (χ0n) is 12.0. The number of rotatable bonds is 7. The largest absolute Gasteiger partial charge is 0.493 e. The Balaban J connectivity index is 1.74. The van der Waals surface area contributed by atoms with Crippen molar-refractivity contribution in [1.82, 2.24) is 0 Å². The van der Waals surface area contributed by atoms with Gasteiger partial charge in [-0.1, -0.05) is 35.9 Å². The van der Waals surface area contributed by atoms with Crippen LogP contribution in [0.5, 0.6) is 11.5 Å². The molecule has 1 atom stereocenters. The highest BCUT2D eigenvalue weighted by Gasteiger charge is 2.06. The summed E-state index contributed by atoms with van der Waals surface area (Å²) in [6.07, 6.45) is 0.236. The Morgan fingerprint density at radius 3 is 2.43 bits per heavy atom. The molecule has 0 spiro atoms. The molecule has 0 bridgehead atoms. The maximum Gasteiger partial charge on any atom is 0.137 e. The third-order valence-electron chi connectivity index (χ3n) is 3.00. The summed E-state index contributed by atoms with van der Waals surface area (Å²) in [5.41, 5.74) is 0.778. The van der Waals surface area contributed by atoms with Gasteiger partial charge < -0.3 is 14.6 Å². The second-order valence-corrected chi connectivity index (χ2v) is 5.14. The molecular formula is C17H19ClO3. The van der Waals surface area contributed by atoms with E-state index in [2.05, 4.69) is 0 Å². The molecule has 0 aliphatic carbocycles. The molecule has 0 radical (unpaired) electrons. The molecule has 0 saturated carbocycles. The van der Waals surface area contributed by atoms with Gasteiger partial charge in [0.2, 0.25) is 0 Å². The number of para-hydroxylation sites is 1. The summed E-state index contributed by atoms with van der Waals surface area (Å²) in [5.74, 6) is 1.48. The lowest BCUT2D eigenvalue weighted by atomic mass is 10.1. The van der Waals surface area contributed by atoms with E-state index in [1.807, 2.05) is 36.4 Å². The average molecular weight is 307 g/mol. The van der Waals surface area contributed by atoms with Crippen LogP contribution < -0.4 is 9.47 Å². The average Bonchev–Trinajstić information content (AvgIpc) is 2.49. The number of halogens is 1. The summed E-state index contributed by atoms with van der Waals surface area (Å²) in [5, 5.41) is 9.99. The first kappa shape index (κ1) is 15.7. The highest BCUT2D eigenvalue weighted by molar-refractivity contribution is 6.32. The lowest BCUT2D eigenvalue weighted by molar-refractivity contribution is 0.199. The van der Waals surface area contributed by atoms with Crippen molar-refractivity contribution in [2.45, 2.75) is 19.4 Å². The number of hydrogen-bond acceptors (Lipinski definition) is 3. The molecule has 0 heterocycles. The minimum absolute atomic E-state index is 0.511. The SMILES string of the molecule is C[C@H](O)c1ccc(OCCCOc2ccccc2)c(Cl)c1. The van der Waals surface area contributed by atoms with Crippen LogP contribution in [-0.2, 0) is 0 Å². The lowest BCUT2D eigenvalue weighted by Gasteiger charge is -2.11. The summed E-state index contributed by atoms with van der Waals surface area (Å²) in [4.78, 5) is 0. The van der Waals surface area contributed by atoms with E-state index >= 15 is 0 Å². The monoisotopic (exact) mass is 306 g/mol.